The van der Waals surface area contributed by atoms with Crippen LogP contribution in [0.5, 0.6) is 0 Å². The first-order valence-corrected chi connectivity index (χ1v) is 9.98. The predicted molar refractivity (Wildman–Crippen MR) is 109 cm³/mol. The largest absolute Gasteiger partial charge is 0.481 e. The molecule has 0 aromatic heterocycles. The minimum Gasteiger partial charge on any atom is -0.481 e. The van der Waals surface area contributed by atoms with Crippen LogP contribution in [0.2, 0.25) is 0 Å². The Morgan fingerprint density at radius 2 is 1.71 bits per heavy atom. The number of hydrogen-bond donors (Lipinski definition) is 4. The van der Waals surface area contributed by atoms with Crippen LogP contribution >= 0.6 is 0 Å². The Labute approximate surface area is 167 Å². The normalized spacial score (nSPS) is 25.5. The van der Waals surface area contributed by atoms with Gasteiger partial charge in [-0.25, -0.2) is 0 Å². The zero-order valence-electron chi connectivity index (χ0n) is 16.6. The van der Waals surface area contributed by atoms with Crippen molar-refractivity contribution in [3.8, 4) is 0 Å². The van der Waals surface area contributed by atoms with E-state index in [2.05, 4.69) is 0 Å². The number of carbonyl (C=O) groups is 1. The van der Waals surface area contributed by atoms with Gasteiger partial charge in [0.25, 0.3) is 0 Å². The van der Waals surface area contributed by atoms with Crippen molar-refractivity contribution in [3.05, 3.63) is 48.6 Å². The lowest BCUT2D eigenvalue weighted by atomic mass is 10.0. The number of rotatable bonds is 13. The number of hydrogen-bond acceptors (Lipinski definition) is 5. The van der Waals surface area contributed by atoms with E-state index < -0.39 is 30.4 Å². The fourth-order valence-corrected chi connectivity index (χ4v) is 2.79. The van der Waals surface area contributed by atoms with Crippen molar-refractivity contribution in [2.75, 3.05) is 0 Å². The monoisotopic (exact) mass is 394 g/mol. The van der Waals surface area contributed by atoms with Gasteiger partial charge in [0, 0.05) is 12.8 Å². The van der Waals surface area contributed by atoms with Crippen LogP contribution in [0, 0.1) is 0 Å². The van der Waals surface area contributed by atoms with Gasteiger partial charge in [-0.15, -0.1) is 0 Å². The molecule has 6 heteroatoms. The Bertz CT molecular complexity index is 551. The molecule has 5 atom stereocenters. The summed E-state index contributed by atoms with van der Waals surface area (Å²) in [6, 6.07) is 0. The van der Waals surface area contributed by atoms with Crippen LogP contribution in [0.4, 0.5) is 0 Å². The molecular weight excluding hydrogens is 360 g/mol. The highest BCUT2D eigenvalue weighted by Gasteiger charge is 2.36. The molecule has 0 amide bonds. The summed E-state index contributed by atoms with van der Waals surface area (Å²) >= 11 is 0. The van der Waals surface area contributed by atoms with Crippen LogP contribution in [0.25, 0.3) is 0 Å². The molecule has 0 radical (unpaired) electrons. The second-order valence-corrected chi connectivity index (χ2v) is 6.92. The van der Waals surface area contributed by atoms with Gasteiger partial charge in [0.2, 0.25) is 0 Å². The fraction of sp³-hybridized carbons (Fsp3) is 0.591. The van der Waals surface area contributed by atoms with Gasteiger partial charge in [-0.1, -0.05) is 55.5 Å². The maximum atomic E-state index is 10.4. The van der Waals surface area contributed by atoms with Crippen molar-refractivity contribution in [2.24, 2.45) is 0 Å². The van der Waals surface area contributed by atoms with E-state index in [0.29, 0.717) is 25.7 Å². The molecule has 1 saturated heterocycles. The third kappa shape index (κ3) is 10.6. The van der Waals surface area contributed by atoms with Gasteiger partial charge in [0.1, 0.15) is 0 Å². The molecule has 1 rings (SSSR count). The maximum absolute atomic E-state index is 10.4. The first kappa shape index (κ1) is 24.3. The molecule has 1 heterocycles. The van der Waals surface area contributed by atoms with Gasteiger partial charge in [-0.3, -0.25) is 4.79 Å². The van der Waals surface area contributed by atoms with Crippen LogP contribution in [-0.4, -0.2) is 56.9 Å². The topological polar surface area (TPSA) is 107 Å². The van der Waals surface area contributed by atoms with Crippen molar-refractivity contribution >= 4 is 5.97 Å². The summed E-state index contributed by atoms with van der Waals surface area (Å²) in [5.41, 5.74) is 0. The van der Waals surface area contributed by atoms with Crippen LogP contribution < -0.4 is 0 Å². The highest BCUT2D eigenvalue weighted by Crippen LogP contribution is 2.26. The standard InChI is InChI=1S/C22H34O6/c1-2-17(23)14-15-18(24)21-16-19(25)20(28-21)12-10-8-6-4-3-5-7-9-11-13-22(26)27/h3-4,7-10,14-15,17-21,23-25H,2,5-6,11-13,16H2,1H3,(H,26,27)/b4-3-,9-7-,10-8-,15-14+/t17-,18-,19+,20+,21+/m1/s1. The summed E-state index contributed by atoms with van der Waals surface area (Å²) in [6.45, 7) is 1.86. The number of carboxylic acid groups (broad SMARTS) is 1. The zero-order chi connectivity index (χ0) is 20.8. The van der Waals surface area contributed by atoms with Gasteiger partial charge >= 0.3 is 5.97 Å². The summed E-state index contributed by atoms with van der Waals surface area (Å²) < 4.78 is 5.75. The molecule has 0 unspecified atom stereocenters. The maximum Gasteiger partial charge on any atom is 0.303 e. The Kier molecular flexibility index (Phi) is 12.4. The molecule has 0 aromatic rings. The van der Waals surface area contributed by atoms with Crippen LogP contribution in [0.1, 0.15) is 51.9 Å². The molecule has 6 nitrogen and oxygen atoms in total. The van der Waals surface area contributed by atoms with E-state index in [9.17, 15) is 20.1 Å². The molecule has 1 aliphatic heterocycles. The quantitative estimate of drug-likeness (QED) is 0.358. The summed E-state index contributed by atoms with van der Waals surface area (Å²) in [5, 5.41) is 38.2. The van der Waals surface area contributed by atoms with E-state index >= 15 is 0 Å². The zero-order valence-corrected chi connectivity index (χ0v) is 16.6. The molecule has 0 aliphatic carbocycles. The van der Waals surface area contributed by atoms with E-state index in [1.807, 2.05) is 43.4 Å². The second kappa shape index (κ2) is 14.3. The van der Waals surface area contributed by atoms with Crippen molar-refractivity contribution in [3.63, 3.8) is 0 Å². The lowest BCUT2D eigenvalue weighted by Gasteiger charge is -2.16. The molecule has 28 heavy (non-hydrogen) atoms. The number of aliphatic carboxylic acids is 1. The van der Waals surface area contributed by atoms with Gasteiger partial charge in [-0.05, 0) is 32.1 Å². The number of aliphatic hydroxyl groups excluding tert-OH is 3. The Morgan fingerprint density at radius 1 is 1.07 bits per heavy atom. The van der Waals surface area contributed by atoms with Gasteiger partial charge in [0.05, 0.1) is 30.5 Å². The minimum absolute atomic E-state index is 0.160. The van der Waals surface area contributed by atoms with Crippen molar-refractivity contribution in [1.29, 1.82) is 0 Å². The van der Waals surface area contributed by atoms with Crippen molar-refractivity contribution in [2.45, 2.75) is 82.4 Å². The average molecular weight is 395 g/mol. The average Bonchev–Trinajstić information content (AvgIpc) is 3.04. The third-order valence-electron chi connectivity index (χ3n) is 4.52. The molecule has 0 bridgehead atoms. The smallest absolute Gasteiger partial charge is 0.303 e. The molecule has 4 N–H and O–H groups in total. The van der Waals surface area contributed by atoms with E-state index in [4.69, 9.17) is 9.84 Å². The third-order valence-corrected chi connectivity index (χ3v) is 4.52. The fourth-order valence-electron chi connectivity index (χ4n) is 2.79. The van der Waals surface area contributed by atoms with Crippen LogP contribution in [0.15, 0.2) is 48.6 Å². The minimum atomic E-state index is -0.837. The molecule has 0 saturated carbocycles. The predicted octanol–water partition coefficient (Wildman–Crippen LogP) is 2.90. The SMILES string of the molecule is CC[C@@H](O)/C=C/[C@@H](O)[C@@H]1C[C@H](O)[C@H](C/C=C\C/C=C\C/C=C\CCC(=O)O)O1. The number of allylic oxidation sites excluding steroid dienone is 5. The molecule has 0 aromatic carbocycles. The summed E-state index contributed by atoms with van der Waals surface area (Å²) in [5.74, 6) is -0.783. The lowest BCUT2D eigenvalue weighted by Crippen LogP contribution is -2.24. The van der Waals surface area contributed by atoms with Gasteiger partial charge in [-0.2, -0.15) is 0 Å². The Morgan fingerprint density at radius 3 is 2.36 bits per heavy atom. The van der Waals surface area contributed by atoms with Crippen molar-refractivity contribution in [1.82, 2.24) is 0 Å². The Balaban J connectivity index is 2.23. The first-order chi connectivity index (χ1) is 13.4. The molecule has 0 spiro atoms. The molecule has 1 aliphatic rings. The number of aliphatic hydroxyl groups is 3. The molecule has 158 valence electrons. The highest BCUT2D eigenvalue weighted by atomic mass is 16.5. The van der Waals surface area contributed by atoms with E-state index in [-0.39, 0.29) is 12.5 Å². The van der Waals surface area contributed by atoms with E-state index in [1.54, 1.807) is 6.08 Å². The number of carboxylic acids is 1. The summed E-state index contributed by atoms with van der Waals surface area (Å²) in [7, 11) is 0. The molecular formula is C22H34O6. The van der Waals surface area contributed by atoms with Crippen LogP contribution in [-0.2, 0) is 9.53 Å². The van der Waals surface area contributed by atoms with E-state index in [0.717, 1.165) is 12.8 Å². The van der Waals surface area contributed by atoms with Crippen LogP contribution in [0.3, 0.4) is 0 Å². The lowest BCUT2D eigenvalue weighted by molar-refractivity contribution is -0.136. The number of ether oxygens (including phenoxy) is 1. The summed E-state index contributed by atoms with van der Waals surface area (Å²) in [6.07, 6.45) is 15.9. The summed E-state index contributed by atoms with van der Waals surface area (Å²) in [4.78, 5) is 10.4. The molecule has 1 fully saturated rings. The highest BCUT2D eigenvalue weighted by molar-refractivity contribution is 5.66. The van der Waals surface area contributed by atoms with Gasteiger partial charge in [0.15, 0.2) is 0 Å². The van der Waals surface area contributed by atoms with E-state index in [1.165, 1.54) is 6.08 Å². The van der Waals surface area contributed by atoms with Crippen molar-refractivity contribution < 1.29 is 30.0 Å². The van der Waals surface area contributed by atoms with Gasteiger partial charge < -0.3 is 25.2 Å². The first-order valence-electron chi connectivity index (χ1n) is 9.98. The Hall–Kier alpha value is -1.73. The second-order valence-electron chi connectivity index (χ2n) is 6.92.